The molecule has 0 amide bonds. The molecule has 0 fully saturated rings. The van der Waals surface area contributed by atoms with Gasteiger partial charge in [-0.05, 0) is 185 Å². The number of hydrogen-bond donors (Lipinski definition) is 0. The van der Waals surface area contributed by atoms with Crippen molar-refractivity contribution >= 4 is 139 Å². The van der Waals surface area contributed by atoms with Crippen molar-refractivity contribution in [3.8, 4) is 0 Å². The van der Waals surface area contributed by atoms with Crippen molar-refractivity contribution in [2.24, 2.45) is 0 Å². The zero-order valence-electron chi connectivity index (χ0n) is 70.6. The third kappa shape index (κ3) is 12.2. The number of furan rings is 4. The Balaban J connectivity index is 0.000000109. The van der Waals surface area contributed by atoms with Gasteiger partial charge in [-0.3, -0.25) is 4.98 Å². The van der Waals surface area contributed by atoms with Crippen LogP contribution in [0.4, 0.5) is 51.2 Å². The molecule has 552 valence electrons. The summed E-state index contributed by atoms with van der Waals surface area (Å²) in [4.78, 5) is 34.2. The van der Waals surface area contributed by atoms with E-state index >= 15 is 0 Å². The molecule has 0 spiro atoms. The molecule has 17 nitrogen and oxygen atoms in total. The summed E-state index contributed by atoms with van der Waals surface area (Å²) < 4.78 is 70.3. The second-order valence-electron chi connectivity index (χ2n) is 29.2. The number of aryl methyl sites for hydroxylation is 8. The molecule has 12 heterocycles. The van der Waals surface area contributed by atoms with Crippen LogP contribution in [-0.4, -0.2) is 95.6 Å². The van der Waals surface area contributed by atoms with Crippen molar-refractivity contribution < 1.29 is 25.9 Å². The standard InChI is InChI=1S/2C22H21N3O.C18H19N3O.C18H18N2O.C12H16N2/c1-13-9-11-16-20-19(12-10-14(2)23-20)26-22(16)21(13)25-15(3)24(4)17-7-5-6-8-18(17)25;1-13-9-10-16-17-12-23-14(2)11-20(17)26-22(16)21(13)25-15(3)24(4)18-7-5-6-8-19(18)25;1-11-5-7-14-15-8-6-12(2)19-18(15)22-17(14)16(11)21-10-9-20(4)13(21)3;1-12-8-9-15-14-6-4-5-7-16(14)21-18(15)17(12)20-11-10-19(3)13(20)2;1-10-6-4-5-7-12(10)14-9-8-13(3)11(14)2/h2*5-12,15H,1-4H3;5-10,13H,1-4H3;4-11,13H,1-3H3;4-9,11H,1-3H3/t2*15-;2*13-;11-/m00000/s1/i;;4D3;;3D3. The first-order valence-electron chi connectivity index (χ1n) is 40.2. The van der Waals surface area contributed by atoms with Crippen LogP contribution >= 0.6 is 0 Å². The Morgan fingerprint density at radius 2 is 0.752 bits per heavy atom. The number of para-hydroxylation sites is 6. The second kappa shape index (κ2) is 28.1. The van der Waals surface area contributed by atoms with Crippen LogP contribution in [0.3, 0.4) is 0 Å². The highest BCUT2D eigenvalue weighted by Crippen LogP contribution is 2.51. The fourth-order valence-electron chi connectivity index (χ4n) is 15.8. The van der Waals surface area contributed by atoms with Crippen molar-refractivity contribution in [1.29, 1.82) is 0 Å². The number of pyridine rings is 3. The highest BCUT2D eigenvalue weighted by molar-refractivity contribution is 6.13. The Labute approximate surface area is 646 Å². The van der Waals surface area contributed by atoms with Crippen LogP contribution in [0.5, 0.6) is 0 Å². The maximum absolute atomic E-state index is 7.69. The number of rotatable bonds is 5. The van der Waals surface area contributed by atoms with Crippen LogP contribution < -0.4 is 34.3 Å². The molecule has 0 N–H and O–H groups in total. The van der Waals surface area contributed by atoms with E-state index in [-0.39, 0.29) is 24.7 Å². The fraction of sp³-hybridized carbons (Fsp3) is 0.250. The smallest absolute Gasteiger partial charge is 0.227 e. The number of aromatic nitrogens is 3. The van der Waals surface area contributed by atoms with Gasteiger partial charge in [-0.15, -0.1) is 0 Å². The van der Waals surface area contributed by atoms with E-state index in [0.29, 0.717) is 11.9 Å². The summed E-state index contributed by atoms with van der Waals surface area (Å²) in [5.41, 5.74) is 26.7. The Morgan fingerprint density at radius 1 is 0.321 bits per heavy atom. The molecule has 109 heavy (non-hydrogen) atoms. The molecule has 7 aromatic heterocycles. The number of benzene rings is 8. The van der Waals surface area contributed by atoms with E-state index in [1.165, 1.54) is 60.0 Å². The highest BCUT2D eigenvalue weighted by atomic mass is 16.3. The van der Waals surface area contributed by atoms with Gasteiger partial charge in [0, 0.05) is 153 Å². The number of anilines is 9. The van der Waals surface area contributed by atoms with E-state index in [0.717, 1.165) is 128 Å². The van der Waals surface area contributed by atoms with Gasteiger partial charge in [-0.1, -0.05) is 103 Å². The molecular weight excluding hydrogens is 1350 g/mol. The van der Waals surface area contributed by atoms with E-state index in [2.05, 4.69) is 212 Å². The molecule has 20 rings (SSSR count). The van der Waals surface area contributed by atoms with Crippen LogP contribution in [0, 0.1) is 55.4 Å². The molecule has 0 radical (unpaired) electrons. The second-order valence-corrected chi connectivity index (χ2v) is 29.2. The molecule has 17 heteroatoms. The SMILES string of the molecule is Cc1cc2oc3c(N4c5ccccc5N(C)[C@@H]4C)c(C)ccc3c2cn1.Cc1ccc2c(oc3ccccc32)c1N1C=CN(C)[C@@H]1C.Cc1ccc2oc3c(N4c5ccccc5N(C)[C@@H]4C)c(C)ccc3c2n1.[2H]C([2H])([2H])N1C=CN(c2c(C)ccc3c2oc2nc(C)ccc23)[C@H]1C.[2H]C([2H])([2H])N1C=CN(c2ccccc2C)[C@H]1C. The van der Waals surface area contributed by atoms with Gasteiger partial charge in [0.05, 0.1) is 45.5 Å². The fourth-order valence-corrected chi connectivity index (χ4v) is 15.8. The van der Waals surface area contributed by atoms with Crippen LogP contribution in [0.2, 0.25) is 0 Å². The Bertz CT molecular complexity index is 6300. The lowest BCUT2D eigenvalue weighted by Gasteiger charge is -2.29. The van der Waals surface area contributed by atoms with Gasteiger partial charge in [0.2, 0.25) is 5.71 Å². The summed E-state index contributed by atoms with van der Waals surface area (Å²) in [7, 11) is 6.38. The lowest BCUT2D eigenvalue weighted by molar-refractivity contribution is 0.383. The predicted molar refractivity (Wildman–Crippen MR) is 452 cm³/mol. The van der Waals surface area contributed by atoms with Crippen molar-refractivity contribution in [3.63, 3.8) is 0 Å². The number of fused-ring (bicyclic) bond motifs is 14. The molecule has 0 saturated heterocycles. The first kappa shape index (κ1) is 63.9. The van der Waals surface area contributed by atoms with Gasteiger partial charge in [0.1, 0.15) is 47.5 Å². The van der Waals surface area contributed by atoms with E-state index in [4.69, 9.17) is 30.9 Å². The first-order valence-corrected chi connectivity index (χ1v) is 37.2. The van der Waals surface area contributed by atoms with Crippen molar-refractivity contribution in [3.05, 3.63) is 264 Å². The average molecular weight is 1450 g/mol. The van der Waals surface area contributed by atoms with Gasteiger partial charge in [0.15, 0.2) is 27.9 Å². The largest absolute Gasteiger partial charge is 0.454 e. The molecule has 15 aromatic rings. The molecule has 5 aliphatic heterocycles. The van der Waals surface area contributed by atoms with Crippen LogP contribution in [0.1, 0.15) is 87.7 Å². The van der Waals surface area contributed by atoms with Gasteiger partial charge < -0.3 is 66.7 Å². The third-order valence-corrected chi connectivity index (χ3v) is 22.3. The maximum atomic E-state index is 7.69. The summed E-state index contributed by atoms with van der Waals surface area (Å²) in [6.45, 7) is 22.5. The molecule has 5 aliphatic rings. The molecule has 0 bridgehead atoms. The van der Waals surface area contributed by atoms with Crippen molar-refractivity contribution in [2.45, 2.75) is 121 Å². The van der Waals surface area contributed by atoms with E-state index < -0.39 is 14.0 Å². The van der Waals surface area contributed by atoms with Gasteiger partial charge in [-0.2, -0.15) is 0 Å². The lowest BCUT2D eigenvalue weighted by Crippen LogP contribution is -2.36. The minimum Gasteiger partial charge on any atom is -0.454 e. The molecule has 0 aliphatic carbocycles. The summed E-state index contributed by atoms with van der Waals surface area (Å²) in [5.74, 6) is 0. The van der Waals surface area contributed by atoms with E-state index in [1.807, 2.05) is 150 Å². The Morgan fingerprint density at radius 3 is 1.33 bits per heavy atom. The summed E-state index contributed by atoms with van der Waals surface area (Å²) in [5, 5.41) is 7.57. The zero-order chi connectivity index (χ0) is 81.1. The van der Waals surface area contributed by atoms with Gasteiger partial charge in [-0.25, -0.2) is 9.97 Å². The topological polar surface area (TPSA) is 124 Å². The van der Waals surface area contributed by atoms with Crippen molar-refractivity contribution in [1.82, 2.24) is 29.7 Å². The Hall–Kier alpha value is -12.4. The van der Waals surface area contributed by atoms with Gasteiger partial charge >= 0.3 is 0 Å². The predicted octanol–water partition coefficient (Wildman–Crippen LogP) is 22.3. The molecule has 0 saturated carbocycles. The molecule has 0 unspecified atom stereocenters. The highest BCUT2D eigenvalue weighted by Gasteiger charge is 2.37. The normalized spacial score (nSPS) is 18.8. The molecule has 8 aromatic carbocycles. The summed E-state index contributed by atoms with van der Waals surface area (Å²) in [6.07, 6.45) is 13.2. The number of hydrogen-bond acceptors (Lipinski definition) is 17. The first-order chi connectivity index (χ1) is 55.0. The lowest BCUT2D eigenvalue weighted by atomic mass is 10.1. The monoisotopic (exact) mass is 1450 g/mol. The molecular formula is C92H95N13O4. The summed E-state index contributed by atoms with van der Waals surface area (Å²) >= 11 is 0. The third-order valence-electron chi connectivity index (χ3n) is 22.3. The quantitative estimate of drug-likeness (QED) is 0.162. The minimum atomic E-state index is -2.18. The zero-order valence-corrected chi connectivity index (χ0v) is 64.6. The van der Waals surface area contributed by atoms with Crippen molar-refractivity contribution in [2.75, 3.05) is 69.4 Å². The van der Waals surface area contributed by atoms with Gasteiger partial charge in [0.25, 0.3) is 0 Å². The maximum Gasteiger partial charge on any atom is 0.227 e. The van der Waals surface area contributed by atoms with Crippen LogP contribution in [0.25, 0.3) is 88.0 Å². The van der Waals surface area contributed by atoms with E-state index in [9.17, 15) is 0 Å². The number of nitrogens with zero attached hydrogens (tertiary/aromatic N) is 13. The van der Waals surface area contributed by atoms with Crippen LogP contribution in [-0.2, 0) is 0 Å². The van der Waals surface area contributed by atoms with E-state index in [1.54, 1.807) is 18.6 Å². The minimum absolute atomic E-state index is 0.191. The average Bonchev–Trinajstić information content (AvgIpc) is 1.59. The molecule has 5 atom stereocenters. The van der Waals surface area contributed by atoms with Crippen LogP contribution in [0.15, 0.2) is 237 Å². The summed E-state index contributed by atoms with van der Waals surface area (Å²) in [6, 6.07) is 60.3. The Kier molecular flexibility index (Phi) is 16.5.